The molecule has 0 heterocycles. The number of carbonyl (C=O) groups excluding carboxylic acids is 1. The lowest BCUT2D eigenvalue weighted by molar-refractivity contribution is -0.0511. The Morgan fingerprint density at radius 2 is 1.79 bits per heavy atom. The molecule has 2 aromatic carbocycles. The van der Waals surface area contributed by atoms with E-state index in [1.165, 1.54) is 57.6 Å². The Kier molecular flexibility index (Phi) is 7.39. The fourth-order valence-electron chi connectivity index (χ4n) is 2.27. The highest BCUT2D eigenvalue weighted by Crippen LogP contribution is 2.37. The third-order valence-corrected chi connectivity index (χ3v) is 5.84. The average Bonchev–Trinajstić information content (AvgIpc) is 2.67. The van der Waals surface area contributed by atoms with E-state index in [9.17, 15) is 22.0 Å². The van der Waals surface area contributed by atoms with Crippen LogP contribution in [0.15, 0.2) is 41.3 Å². The summed E-state index contributed by atoms with van der Waals surface area (Å²) in [4.78, 5) is 12.2. The Hall–Kier alpha value is -2.43. The zero-order valence-electron chi connectivity index (χ0n) is 15.7. The van der Waals surface area contributed by atoms with Crippen molar-refractivity contribution >= 4 is 27.6 Å². The van der Waals surface area contributed by atoms with Gasteiger partial charge in [0.1, 0.15) is 6.61 Å². The number of benzene rings is 2. The maximum absolute atomic E-state index is 12.5. The Balaban J connectivity index is 2.12. The van der Waals surface area contributed by atoms with Gasteiger partial charge in [-0.2, -0.15) is 8.78 Å². The van der Waals surface area contributed by atoms with Crippen molar-refractivity contribution in [1.82, 2.24) is 4.31 Å². The van der Waals surface area contributed by atoms with Crippen LogP contribution in [0.2, 0.25) is 5.02 Å². The Bertz CT molecular complexity index is 981. The van der Waals surface area contributed by atoms with Crippen molar-refractivity contribution in [3.8, 4) is 11.5 Å². The molecule has 0 aliphatic rings. The molecule has 11 heteroatoms. The standard InChI is InChI=1S/C18H18ClF2NO6S/c1-22(2)29(24,25)13-6-4-12(5-7-13)17(23)27-10-11-8-14(19)16(28-18(20)21)15(9-11)26-3/h4-9,18H,10H2,1-3H3. The van der Waals surface area contributed by atoms with Crippen LogP contribution >= 0.6 is 11.6 Å². The van der Waals surface area contributed by atoms with E-state index in [2.05, 4.69) is 4.74 Å². The minimum Gasteiger partial charge on any atom is -0.493 e. The van der Waals surface area contributed by atoms with Crippen LogP contribution in [0, 0.1) is 0 Å². The topological polar surface area (TPSA) is 82.1 Å². The molecule has 0 saturated carbocycles. The molecule has 0 bridgehead atoms. The van der Waals surface area contributed by atoms with Crippen LogP contribution in [0.5, 0.6) is 11.5 Å². The molecule has 0 amide bonds. The van der Waals surface area contributed by atoms with Crippen molar-refractivity contribution in [2.75, 3.05) is 21.2 Å². The van der Waals surface area contributed by atoms with Crippen molar-refractivity contribution in [2.45, 2.75) is 18.1 Å². The molecule has 0 atom stereocenters. The van der Waals surface area contributed by atoms with Gasteiger partial charge >= 0.3 is 12.6 Å². The number of rotatable bonds is 8. The number of hydrogen-bond donors (Lipinski definition) is 0. The quantitative estimate of drug-likeness (QED) is 0.573. The van der Waals surface area contributed by atoms with Crippen LogP contribution in [0.25, 0.3) is 0 Å². The molecule has 0 saturated heterocycles. The third kappa shape index (κ3) is 5.55. The number of ether oxygens (including phenoxy) is 3. The number of carbonyl (C=O) groups is 1. The summed E-state index contributed by atoms with van der Waals surface area (Å²) < 4.78 is 64.5. The van der Waals surface area contributed by atoms with Crippen molar-refractivity contribution in [2.24, 2.45) is 0 Å². The van der Waals surface area contributed by atoms with Gasteiger partial charge in [0.2, 0.25) is 10.0 Å². The molecular weight excluding hydrogens is 432 g/mol. The average molecular weight is 450 g/mol. The number of methoxy groups -OCH3 is 1. The van der Waals surface area contributed by atoms with E-state index in [-0.39, 0.29) is 33.6 Å². The van der Waals surface area contributed by atoms with Gasteiger partial charge in [-0.3, -0.25) is 0 Å². The molecule has 0 radical (unpaired) electrons. The first-order valence-electron chi connectivity index (χ1n) is 8.07. The Morgan fingerprint density at radius 3 is 2.31 bits per heavy atom. The molecule has 0 N–H and O–H groups in total. The summed E-state index contributed by atoms with van der Waals surface area (Å²) in [5.74, 6) is -1.07. The second kappa shape index (κ2) is 9.38. The zero-order valence-corrected chi connectivity index (χ0v) is 17.3. The molecule has 0 aliphatic carbocycles. The highest BCUT2D eigenvalue weighted by Gasteiger charge is 2.19. The highest BCUT2D eigenvalue weighted by molar-refractivity contribution is 7.89. The summed E-state index contributed by atoms with van der Waals surface area (Å²) in [6.45, 7) is -3.30. The molecule has 0 aromatic heterocycles. The second-order valence-corrected chi connectivity index (χ2v) is 8.43. The molecule has 7 nitrogen and oxygen atoms in total. The van der Waals surface area contributed by atoms with Crippen LogP contribution in [0.3, 0.4) is 0 Å². The predicted octanol–water partition coefficient (Wildman–Crippen LogP) is 3.56. The lowest BCUT2D eigenvalue weighted by Crippen LogP contribution is -2.22. The highest BCUT2D eigenvalue weighted by atomic mass is 35.5. The van der Waals surface area contributed by atoms with E-state index in [4.69, 9.17) is 21.1 Å². The number of alkyl halides is 2. The summed E-state index contributed by atoms with van der Waals surface area (Å²) >= 11 is 5.94. The van der Waals surface area contributed by atoms with Crippen LogP contribution < -0.4 is 9.47 Å². The smallest absolute Gasteiger partial charge is 0.387 e. The minimum atomic E-state index is -3.61. The molecule has 2 aromatic rings. The lowest BCUT2D eigenvalue weighted by atomic mass is 10.2. The number of sulfonamides is 1. The van der Waals surface area contributed by atoms with Gasteiger partial charge < -0.3 is 14.2 Å². The van der Waals surface area contributed by atoms with Crippen LogP contribution in [0.1, 0.15) is 15.9 Å². The minimum absolute atomic E-state index is 0.0326. The SMILES string of the molecule is COc1cc(COC(=O)c2ccc(S(=O)(=O)N(C)C)cc2)cc(Cl)c1OC(F)F. The predicted molar refractivity (Wildman–Crippen MR) is 101 cm³/mol. The molecule has 0 spiro atoms. The van der Waals surface area contributed by atoms with Gasteiger partial charge in [-0.25, -0.2) is 17.5 Å². The van der Waals surface area contributed by atoms with Gasteiger partial charge in [-0.15, -0.1) is 0 Å². The number of hydrogen-bond acceptors (Lipinski definition) is 6. The third-order valence-electron chi connectivity index (χ3n) is 3.73. The fraction of sp³-hybridized carbons (Fsp3) is 0.278. The molecule has 2 rings (SSSR count). The van der Waals surface area contributed by atoms with E-state index in [0.29, 0.717) is 5.56 Å². The van der Waals surface area contributed by atoms with Gasteiger partial charge in [-0.05, 0) is 42.0 Å². The number of esters is 1. The van der Waals surface area contributed by atoms with Gasteiger partial charge in [0, 0.05) is 14.1 Å². The first kappa shape index (κ1) is 22.9. The van der Waals surface area contributed by atoms with Gasteiger partial charge in [0.05, 0.1) is 22.6 Å². The largest absolute Gasteiger partial charge is 0.493 e. The van der Waals surface area contributed by atoms with Gasteiger partial charge in [-0.1, -0.05) is 11.6 Å². The van der Waals surface area contributed by atoms with Crippen molar-refractivity contribution in [1.29, 1.82) is 0 Å². The molecule has 0 fully saturated rings. The molecular formula is C18H18ClF2NO6S. The van der Waals surface area contributed by atoms with E-state index in [1.807, 2.05) is 0 Å². The maximum Gasteiger partial charge on any atom is 0.387 e. The van der Waals surface area contributed by atoms with Crippen molar-refractivity contribution in [3.63, 3.8) is 0 Å². The monoisotopic (exact) mass is 449 g/mol. The first-order valence-corrected chi connectivity index (χ1v) is 9.89. The summed E-state index contributed by atoms with van der Waals surface area (Å²) in [6.07, 6.45) is 0. The fourth-order valence-corrected chi connectivity index (χ4v) is 3.45. The maximum atomic E-state index is 12.5. The van der Waals surface area contributed by atoms with E-state index < -0.39 is 22.6 Å². The lowest BCUT2D eigenvalue weighted by Gasteiger charge is -2.14. The van der Waals surface area contributed by atoms with E-state index in [1.54, 1.807) is 0 Å². The molecule has 0 unspecified atom stereocenters. The van der Waals surface area contributed by atoms with Crippen molar-refractivity contribution in [3.05, 3.63) is 52.5 Å². The Morgan fingerprint density at radius 1 is 1.17 bits per heavy atom. The van der Waals surface area contributed by atoms with E-state index in [0.717, 1.165) is 4.31 Å². The first-order chi connectivity index (χ1) is 13.6. The van der Waals surface area contributed by atoms with Gasteiger partial charge in [0.15, 0.2) is 11.5 Å². The zero-order chi connectivity index (χ0) is 21.8. The molecule has 158 valence electrons. The number of halogens is 3. The summed E-state index contributed by atoms with van der Waals surface area (Å²) in [5, 5.41) is -0.131. The summed E-state index contributed by atoms with van der Waals surface area (Å²) in [5.41, 5.74) is 0.520. The van der Waals surface area contributed by atoms with Crippen LogP contribution in [0.4, 0.5) is 8.78 Å². The summed E-state index contributed by atoms with van der Waals surface area (Å²) in [6, 6.07) is 7.90. The number of nitrogens with zero attached hydrogens (tertiary/aromatic N) is 1. The molecule has 29 heavy (non-hydrogen) atoms. The van der Waals surface area contributed by atoms with Crippen LogP contribution in [-0.4, -0.2) is 46.5 Å². The summed E-state index contributed by atoms with van der Waals surface area (Å²) in [7, 11) is 0.435. The Labute approximate surface area is 171 Å². The van der Waals surface area contributed by atoms with E-state index >= 15 is 0 Å². The van der Waals surface area contributed by atoms with Crippen molar-refractivity contribution < 1.29 is 36.2 Å². The normalized spacial score (nSPS) is 11.6. The molecule has 0 aliphatic heterocycles. The van der Waals surface area contributed by atoms with Gasteiger partial charge in [0.25, 0.3) is 0 Å². The van der Waals surface area contributed by atoms with Crippen LogP contribution in [-0.2, 0) is 21.4 Å². The second-order valence-electron chi connectivity index (χ2n) is 5.88.